The summed E-state index contributed by atoms with van der Waals surface area (Å²) < 4.78 is 5.60. The van der Waals surface area contributed by atoms with Crippen LogP contribution in [0.1, 0.15) is 29.9 Å². The lowest BCUT2D eigenvalue weighted by Gasteiger charge is -2.29. The van der Waals surface area contributed by atoms with E-state index >= 15 is 0 Å². The molecule has 0 bridgehead atoms. The molecule has 0 spiro atoms. The van der Waals surface area contributed by atoms with Crippen LogP contribution in [0.3, 0.4) is 0 Å². The van der Waals surface area contributed by atoms with Gasteiger partial charge in [0.1, 0.15) is 6.61 Å². The van der Waals surface area contributed by atoms with Gasteiger partial charge in [-0.2, -0.15) is 0 Å². The van der Waals surface area contributed by atoms with Gasteiger partial charge in [0, 0.05) is 19.0 Å². The number of likely N-dealkylation sites (tertiary alicyclic amines) is 1. The van der Waals surface area contributed by atoms with Crippen molar-refractivity contribution in [1.82, 2.24) is 4.90 Å². The molecule has 124 valence electrons. The fourth-order valence-corrected chi connectivity index (χ4v) is 3.81. The minimum absolute atomic E-state index is 0.0797. The summed E-state index contributed by atoms with van der Waals surface area (Å²) in [5, 5.41) is 9.72. The van der Waals surface area contributed by atoms with Crippen LogP contribution in [-0.2, 0) is 4.74 Å². The van der Waals surface area contributed by atoms with Crippen molar-refractivity contribution in [3.05, 3.63) is 59.7 Å². The monoisotopic (exact) mass is 323 g/mol. The summed E-state index contributed by atoms with van der Waals surface area (Å²) in [6, 6.07) is 16.6. The molecule has 1 aliphatic heterocycles. The molecule has 1 N–H and O–H groups in total. The van der Waals surface area contributed by atoms with E-state index in [1.165, 1.54) is 22.3 Å². The van der Waals surface area contributed by atoms with Gasteiger partial charge in [0.15, 0.2) is 0 Å². The summed E-state index contributed by atoms with van der Waals surface area (Å²) >= 11 is 0. The van der Waals surface area contributed by atoms with E-state index in [2.05, 4.69) is 24.3 Å². The number of amides is 1. The third-order valence-electron chi connectivity index (χ3n) is 4.99. The molecule has 4 nitrogen and oxygen atoms in total. The molecule has 1 heterocycles. The lowest BCUT2D eigenvalue weighted by molar-refractivity contribution is 0.0481. The van der Waals surface area contributed by atoms with Gasteiger partial charge in [-0.3, -0.25) is 0 Å². The Labute approximate surface area is 141 Å². The first kappa shape index (κ1) is 15.2. The van der Waals surface area contributed by atoms with Crippen molar-refractivity contribution in [1.29, 1.82) is 0 Å². The number of piperidine rings is 1. The highest BCUT2D eigenvalue weighted by Crippen LogP contribution is 2.44. The Morgan fingerprint density at radius 3 is 2.33 bits per heavy atom. The van der Waals surface area contributed by atoms with Crippen molar-refractivity contribution in [3.8, 4) is 11.1 Å². The predicted molar refractivity (Wildman–Crippen MR) is 91.9 cm³/mol. The number of aliphatic hydroxyl groups is 1. The van der Waals surface area contributed by atoms with Crippen LogP contribution in [0, 0.1) is 0 Å². The predicted octanol–water partition coefficient (Wildman–Crippen LogP) is 3.39. The molecule has 1 saturated heterocycles. The molecule has 0 unspecified atom stereocenters. The maximum Gasteiger partial charge on any atom is 0.409 e. The van der Waals surface area contributed by atoms with Crippen molar-refractivity contribution in [2.24, 2.45) is 0 Å². The second-order valence-electron chi connectivity index (χ2n) is 6.55. The fourth-order valence-electron chi connectivity index (χ4n) is 3.81. The number of carbonyl (C=O) groups is 1. The highest BCUT2D eigenvalue weighted by atomic mass is 16.6. The van der Waals surface area contributed by atoms with Crippen LogP contribution >= 0.6 is 0 Å². The normalized spacial score (nSPS) is 19.7. The average molecular weight is 323 g/mol. The van der Waals surface area contributed by atoms with Crippen LogP contribution in [-0.4, -0.2) is 41.9 Å². The molecule has 24 heavy (non-hydrogen) atoms. The van der Waals surface area contributed by atoms with E-state index < -0.39 is 6.10 Å². The van der Waals surface area contributed by atoms with Crippen molar-refractivity contribution >= 4 is 6.09 Å². The van der Waals surface area contributed by atoms with Crippen LogP contribution in [0.5, 0.6) is 0 Å². The maximum absolute atomic E-state index is 12.3. The van der Waals surface area contributed by atoms with E-state index in [1.807, 2.05) is 24.3 Å². The number of nitrogens with zero attached hydrogens (tertiary/aromatic N) is 1. The summed E-state index contributed by atoms with van der Waals surface area (Å²) in [7, 11) is 0. The Morgan fingerprint density at radius 2 is 1.71 bits per heavy atom. The number of β-amino-alcohol motifs (C(OH)–C–C–N with tert-alkyl or cyclic N) is 1. The Bertz CT molecular complexity index is 713. The number of rotatable bonds is 2. The first-order chi connectivity index (χ1) is 11.7. The number of hydrogen-bond acceptors (Lipinski definition) is 3. The summed E-state index contributed by atoms with van der Waals surface area (Å²) in [6.45, 7) is 1.36. The highest BCUT2D eigenvalue weighted by molar-refractivity contribution is 5.79. The van der Waals surface area contributed by atoms with Gasteiger partial charge in [-0.25, -0.2) is 4.79 Å². The van der Waals surface area contributed by atoms with E-state index in [0.29, 0.717) is 19.7 Å². The molecule has 4 heteroatoms. The van der Waals surface area contributed by atoms with Gasteiger partial charge in [0.25, 0.3) is 0 Å². The van der Waals surface area contributed by atoms with Crippen LogP contribution in [0.2, 0.25) is 0 Å². The first-order valence-electron chi connectivity index (χ1n) is 8.52. The summed E-state index contributed by atoms with van der Waals surface area (Å²) in [5.74, 6) is 0.0797. The van der Waals surface area contributed by atoms with Crippen molar-refractivity contribution in [2.45, 2.75) is 24.9 Å². The Morgan fingerprint density at radius 1 is 1.08 bits per heavy atom. The topological polar surface area (TPSA) is 49.8 Å². The van der Waals surface area contributed by atoms with Gasteiger partial charge in [0.2, 0.25) is 0 Å². The second kappa shape index (κ2) is 6.29. The summed E-state index contributed by atoms with van der Waals surface area (Å²) in [5.41, 5.74) is 4.88. The summed E-state index contributed by atoms with van der Waals surface area (Å²) in [4.78, 5) is 13.9. The molecular weight excluding hydrogens is 302 g/mol. The molecule has 4 rings (SSSR count). The van der Waals surface area contributed by atoms with Gasteiger partial charge in [-0.1, -0.05) is 48.5 Å². The minimum atomic E-state index is -0.431. The van der Waals surface area contributed by atoms with Crippen LogP contribution < -0.4 is 0 Å². The van der Waals surface area contributed by atoms with Crippen molar-refractivity contribution < 1.29 is 14.6 Å². The molecule has 0 saturated carbocycles. The zero-order valence-electron chi connectivity index (χ0n) is 13.5. The van der Waals surface area contributed by atoms with E-state index in [4.69, 9.17) is 4.74 Å². The lowest BCUT2D eigenvalue weighted by atomic mass is 9.98. The molecule has 2 aromatic carbocycles. The third kappa shape index (κ3) is 2.67. The first-order valence-corrected chi connectivity index (χ1v) is 8.52. The highest BCUT2D eigenvalue weighted by Gasteiger charge is 2.30. The minimum Gasteiger partial charge on any atom is -0.448 e. The van der Waals surface area contributed by atoms with Gasteiger partial charge in [0.05, 0.1) is 6.10 Å². The molecule has 2 aliphatic rings. The van der Waals surface area contributed by atoms with Gasteiger partial charge in [-0.05, 0) is 35.1 Å². The molecule has 0 radical (unpaired) electrons. The van der Waals surface area contributed by atoms with E-state index in [9.17, 15) is 9.90 Å². The number of carbonyl (C=O) groups excluding carboxylic acids is 1. The molecule has 1 amide bonds. The fraction of sp³-hybridized carbons (Fsp3) is 0.350. The Kier molecular flexibility index (Phi) is 3.98. The van der Waals surface area contributed by atoms with Crippen LogP contribution in [0.15, 0.2) is 48.5 Å². The van der Waals surface area contributed by atoms with Crippen molar-refractivity contribution in [3.63, 3.8) is 0 Å². The molecule has 0 aromatic heterocycles. The second-order valence-corrected chi connectivity index (χ2v) is 6.55. The van der Waals surface area contributed by atoms with E-state index in [1.54, 1.807) is 4.90 Å². The Hall–Kier alpha value is -2.33. The SMILES string of the molecule is O=C(OCC1c2ccccc2-c2ccccc21)N1CCC[C@H](O)C1. The molecular formula is C20H21NO3. The number of fused-ring (bicyclic) bond motifs is 3. The Balaban J connectivity index is 1.51. The quantitative estimate of drug-likeness (QED) is 0.921. The van der Waals surface area contributed by atoms with Crippen molar-refractivity contribution in [2.75, 3.05) is 19.7 Å². The van der Waals surface area contributed by atoms with Crippen LogP contribution in [0.25, 0.3) is 11.1 Å². The number of benzene rings is 2. The maximum atomic E-state index is 12.3. The number of aliphatic hydroxyl groups excluding tert-OH is 1. The van der Waals surface area contributed by atoms with Gasteiger partial charge >= 0.3 is 6.09 Å². The third-order valence-corrected chi connectivity index (χ3v) is 4.99. The molecule has 1 fully saturated rings. The summed E-state index contributed by atoms with van der Waals surface area (Å²) in [6.07, 6.45) is 0.827. The lowest BCUT2D eigenvalue weighted by Crippen LogP contribution is -2.42. The smallest absolute Gasteiger partial charge is 0.409 e. The van der Waals surface area contributed by atoms with E-state index in [-0.39, 0.29) is 12.0 Å². The molecule has 1 aliphatic carbocycles. The zero-order chi connectivity index (χ0) is 16.5. The van der Waals surface area contributed by atoms with Gasteiger partial charge in [-0.15, -0.1) is 0 Å². The molecule has 1 atom stereocenters. The molecule has 2 aromatic rings. The largest absolute Gasteiger partial charge is 0.448 e. The van der Waals surface area contributed by atoms with Gasteiger partial charge < -0.3 is 14.7 Å². The van der Waals surface area contributed by atoms with E-state index in [0.717, 1.165) is 12.8 Å². The average Bonchev–Trinajstić information content (AvgIpc) is 2.94. The number of hydrogen-bond donors (Lipinski definition) is 1. The number of ether oxygens (including phenoxy) is 1. The zero-order valence-corrected chi connectivity index (χ0v) is 13.5. The standard InChI is InChI=1S/C20H21NO3/c22-14-6-5-11-21(12-14)20(23)24-13-19-17-9-3-1-7-15(17)16-8-2-4-10-18(16)19/h1-4,7-10,14,19,22H,5-6,11-13H2/t14-/m0/s1. The van der Waals surface area contributed by atoms with Crippen LogP contribution in [0.4, 0.5) is 4.79 Å².